The van der Waals surface area contributed by atoms with Gasteiger partial charge in [0.2, 0.25) is 0 Å². The molecule has 0 N–H and O–H groups in total. The molecule has 20 heavy (non-hydrogen) atoms. The molecule has 0 bridgehead atoms. The molecule has 2 nitrogen and oxygen atoms in total. The van der Waals surface area contributed by atoms with E-state index in [-0.39, 0.29) is 0 Å². The monoisotopic (exact) mass is 348 g/mol. The van der Waals surface area contributed by atoms with E-state index in [1.807, 2.05) is 37.4 Å². The van der Waals surface area contributed by atoms with Gasteiger partial charge in [0.15, 0.2) is 0 Å². The summed E-state index contributed by atoms with van der Waals surface area (Å²) in [6, 6.07) is 16.2. The standard InChI is InChI=1S/C16H14BrClN2/c1-20(11-12-2-5-15(17)6-3-12)16-7-4-13(9-18)8-14(16)10-19/h2-8H,9,11H2,1H3. The van der Waals surface area contributed by atoms with Crippen LogP contribution in [0.15, 0.2) is 46.9 Å². The lowest BCUT2D eigenvalue weighted by atomic mass is 10.1. The highest BCUT2D eigenvalue weighted by Crippen LogP contribution is 2.23. The normalized spacial score (nSPS) is 10.1. The second-order valence-electron chi connectivity index (χ2n) is 4.58. The topological polar surface area (TPSA) is 27.0 Å². The van der Waals surface area contributed by atoms with Gasteiger partial charge in [0.05, 0.1) is 11.3 Å². The largest absolute Gasteiger partial charge is 0.369 e. The van der Waals surface area contributed by atoms with Gasteiger partial charge in [-0.05, 0) is 35.4 Å². The maximum absolute atomic E-state index is 9.26. The Hall–Kier alpha value is -1.50. The molecule has 0 fully saturated rings. The summed E-state index contributed by atoms with van der Waals surface area (Å²) in [5.74, 6) is 0.422. The van der Waals surface area contributed by atoms with Crippen molar-refractivity contribution in [3.63, 3.8) is 0 Å². The first-order chi connectivity index (χ1) is 9.63. The van der Waals surface area contributed by atoms with E-state index in [4.69, 9.17) is 11.6 Å². The zero-order valence-electron chi connectivity index (χ0n) is 11.1. The van der Waals surface area contributed by atoms with Crippen LogP contribution in [0, 0.1) is 11.3 Å². The van der Waals surface area contributed by atoms with Crippen LogP contribution in [-0.4, -0.2) is 7.05 Å². The Kier molecular flexibility index (Phi) is 5.05. The van der Waals surface area contributed by atoms with E-state index in [0.29, 0.717) is 11.4 Å². The summed E-state index contributed by atoms with van der Waals surface area (Å²) in [5, 5.41) is 9.26. The molecular weight excluding hydrogens is 336 g/mol. The van der Waals surface area contributed by atoms with Crippen molar-refractivity contribution in [2.24, 2.45) is 0 Å². The van der Waals surface area contributed by atoms with E-state index < -0.39 is 0 Å². The molecule has 0 saturated carbocycles. The summed E-state index contributed by atoms with van der Waals surface area (Å²) in [7, 11) is 1.98. The quantitative estimate of drug-likeness (QED) is 0.748. The number of halogens is 2. The van der Waals surface area contributed by atoms with E-state index in [0.717, 1.165) is 22.3 Å². The lowest BCUT2D eigenvalue weighted by Gasteiger charge is -2.21. The van der Waals surface area contributed by atoms with Crippen molar-refractivity contribution in [1.82, 2.24) is 0 Å². The molecule has 0 aliphatic rings. The number of alkyl halides is 1. The van der Waals surface area contributed by atoms with Gasteiger partial charge in [0.25, 0.3) is 0 Å². The van der Waals surface area contributed by atoms with Crippen LogP contribution in [0.25, 0.3) is 0 Å². The lowest BCUT2D eigenvalue weighted by Crippen LogP contribution is -2.17. The van der Waals surface area contributed by atoms with Crippen LogP contribution in [0.2, 0.25) is 0 Å². The van der Waals surface area contributed by atoms with Crippen LogP contribution >= 0.6 is 27.5 Å². The first-order valence-electron chi connectivity index (χ1n) is 6.18. The highest BCUT2D eigenvalue weighted by Gasteiger charge is 2.09. The maximum atomic E-state index is 9.26. The van der Waals surface area contributed by atoms with Gasteiger partial charge in [-0.25, -0.2) is 0 Å². The molecule has 0 aliphatic heterocycles. The van der Waals surface area contributed by atoms with E-state index in [9.17, 15) is 5.26 Å². The Bertz CT molecular complexity index is 632. The third-order valence-corrected chi connectivity index (χ3v) is 3.92. The molecule has 4 heteroatoms. The van der Waals surface area contributed by atoms with Crippen LogP contribution in [0.5, 0.6) is 0 Å². The van der Waals surface area contributed by atoms with Crippen molar-refractivity contribution in [2.45, 2.75) is 12.4 Å². The summed E-state index contributed by atoms with van der Waals surface area (Å²) in [6.45, 7) is 0.752. The molecule has 0 saturated heterocycles. The van der Waals surface area contributed by atoms with Gasteiger partial charge in [-0.3, -0.25) is 0 Å². The van der Waals surface area contributed by atoms with Crippen molar-refractivity contribution in [3.8, 4) is 6.07 Å². The third kappa shape index (κ3) is 3.53. The zero-order chi connectivity index (χ0) is 14.5. The Morgan fingerprint density at radius 1 is 1.15 bits per heavy atom. The minimum Gasteiger partial charge on any atom is -0.369 e. The number of nitriles is 1. The minimum absolute atomic E-state index is 0.422. The average molecular weight is 350 g/mol. The molecule has 0 amide bonds. The fraction of sp³-hybridized carbons (Fsp3) is 0.188. The van der Waals surface area contributed by atoms with Crippen molar-refractivity contribution in [2.75, 3.05) is 11.9 Å². The van der Waals surface area contributed by atoms with E-state index >= 15 is 0 Å². The summed E-state index contributed by atoms with van der Waals surface area (Å²) in [6.07, 6.45) is 0. The van der Waals surface area contributed by atoms with Crippen LogP contribution in [0.4, 0.5) is 5.69 Å². The number of nitrogens with zero attached hydrogens (tertiary/aromatic N) is 2. The van der Waals surface area contributed by atoms with Crippen molar-refractivity contribution in [3.05, 3.63) is 63.6 Å². The molecule has 0 heterocycles. The van der Waals surface area contributed by atoms with E-state index in [2.05, 4.69) is 39.0 Å². The fourth-order valence-corrected chi connectivity index (χ4v) is 2.47. The van der Waals surface area contributed by atoms with Crippen molar-refractivity contribution >= 4 is 33.2 Å². The minimum atomic E-state index is 0.422. The third-order valence-electron chi connectivity index (χ3n) is 3.08. The maximum Gasteiger partial charge on any atom is 0.101 e. The number of rotatable bonds is 4. The van der Waals surface area contributed by atoms with Gasteiger partial charge >= 0.3 is 0 Å². The molecule has 0 aliphatic carbocycles. The van der Waals surface area contributed by atoms with Gasteiger partial charge in [-0.1, -0.05) is 34.1 Å². The molecule has 0 aromatic heterocycles. The van der Waals surface area contributed by atoms with Gasteiger partial charge in [-0.15, -0.1) is 11.6 Å². The highest BCUT2D eigenvalue weighted by molar-refractivity contribution is 9.10. The summed E-state index contributed by atoms with van der Waals surface area (Å²) < 4.78 is 1.06. The molecule has 0 unspecified atom stereocenters. The highest BCUT2D eigenvalue weighted by atomic mass is 79.9. The lowest BCUT2D eigenvalue weighted by molar-refractivity contribution is 0.920. The predicted molar refractivity (Wildman–Crippen MR) is 87.0 cm³/mol. The Labute approximate surface area is 132 Å². The van der Waals surface area contributed by atoms with Crippen LogP contribution < -0.4 is 4.90 Å². The first kappa shape index (κ1) is 14.9. The first-order valence-corrected chi connectivity index (χ1v) is 7.51. The smallest absolute Gasteiger partial charge is 0.101 e. The molecule has 0 atom stereocenters. The SMILES string of the molecule is CN(Cc1ccc(Br)cc1)c1ccc(CCl)cc1C#N. The molecule has 2 aromatic carbocycles. The number of hydrogen-bond acceptors (Lipinski definition) is 2. The Morgan fingerprint density at radius 2 is 1.80 bits per heavy atom. The fourth-order valence-electron chi connectivity index (χ4n) is 2.04. The van der Waals surface area contributed by atoms with E-state index in [1.165, 1.54) is 5.56 Å². The molecule has 102 valence electrons. The number of hydrogen-bond donors (Lipinski definition) is 0. The predicted octanol–water partition coefficient (Wildman–Crippen LogP) is 4.70. The number of benzene rings is 2. The second-order valence-corrected chi connectivity index (χ2v) is 5.76. The van der Waals surface area contributed by atoms with Gasteiger partial charge in [-0.2, -0.15) is 5.26 Å². The van der Waals surface area contributed by atoms with E-state index in [1.54, 1.807) is 0 Å². The molecule has 2 aromatic rings. The zero-order valence-corrected chi connectivity index (χ0v) is 13.4. The summed E-state index contributed by atoms with van der Waals surface area (Å²) in [4.78, 5) is 2.07. The van der Waals surface area contributed by atoms with Crippen LogP contribution in [0.3, 0.4) is 0 Å². The second kappa shape index (κ2) is 6.78. The summed E-state index contributed by atoms with van der Waals surface area (Å²) in [5.41, 5.74) is 3.73. The van der Waals surface area contributed by atoms with Gasteiger partial charge in [0, 0.05) is 23.9 Å². The molecule has 0 spiro atoms. The van der Waals surface area contributed by atoms with Crippen LogP contribution in [-0.2, 0) is 12.4 Å². The Balaban J connectivity index is 2.22. The van der Waals surface area contributed by atoms with Gasteiger partial charge < -0.3 is 4.90 Å². The molecule has 2 rings (SSSR count). The van der Waals surface area contributed by atoms with Gasteiger partial charge in [0.1, 0.15) is 6.07 Å². The Morgan fingerprint density at radius 3 is 2.40 bits per heavy atom. The summed E-state index contributed by atoms with van der Waals surface area (Å²) >= 11 is 9.23. The van der Waals surface area contributed by atoms with Crippen molar-refractivity contribution < 1.29 is 0 Å². The number of anilines is 1. The van der Waals surface area contributed by atoms with Crippen molar-refractivity contribution in [1.29, 1.82) is 5.26 Å². The van der Waals surface area contributed by atoms with Crippen LogP contribution in [0.1, 0.15) is 16.7 Å². The molecule has 0 radical (unpaired) electrons. The average Bonchev–Trinajstić information content (AvgIpc) is 2.48. The molecular formula is C16H14BrClN2.